The first-order valence-corrected chi connectivity index (χ1v) is 8.11. The fraction of sp³-hybridized carbons (Fsp3) is 0.636. The van der Waals surface area contributed by atoms with E-state index in [-0.39, 0.29) is 5.38 Å². The molecule has 1 fully saturated rings. The topological polar surface area (TPSA) is 0 Å². The first-order chi connectivity index (χ1) is 7.18. The number of hydrogen-bond donors (Lipinski definition) is 0. The highest BCUT2D eigenvalue weighted by atomic mass is 79.9. The maximum atomic E-state index is 6.54. The van der Waals surface area contributed by atoms with Crippen molar-refractivity contribution in [1.82, 2.24) is 0 Å². The van der Waals surface area contributed by atoms with Gasteiger partial charge in [0, 0.05) is 9.35 Å². The van der Waals surface area contributed by atoms with E-state index < -0.39 is 0 Å². The first-order valence-electron chi connectivity index (χ1n) is 5.27. The molecule has 1 aromatic rings. The Labute approximate surface area is 117 Å². The molecule has 1 aliphatic rings. The molecule has 0 saturated heterocycles. The van der Waals surface area contributed by atoms with Gasteiger partial charge in [-0.3, -0.25) is 0 Å². The number of hydrogen-bond acceptors (Lipinski definition) is 1. The molecule has 4 heteroatoms. The van der Waals surface area contributed by atoms with Crippen LogP contribution in [-0.2, 0) is 0 Å². The van der Waals surface area contributed by atoms with Gasteiger partial charge in [-0.1, -0.05) is 19.3 Å². The van der Waals surface area contributed by atoms with Gasteiger partial charge < -0.3 is 0 Å². The van der Waals surface area contributed by atoms with Crippen molar-refractivity contribution in [2.45, 2.75) is 37.5 Å². The third kappa shape index (κ3) is 2.99. The molecule has 15 heavy (non-hydrogen) atoms. The van der Waals surface area contributed by atoms with Crippen molar-refractivity contribution >= 4 is 54.8 Å². The van der Waals surface area contributed by atoms with Gasteiger partial charge in [0.25, 0.3) is 0 Å². The minimum atomic E-state index is 0.206. The molecular weight excluding hydrogens is 359 g/mol. The van der Waals surface area contributed by atoms with Gasteiger partial charge in [-0.25, -0.2) is 0 Å². The van der Waals surface area contributed by atoms with E-state index in [1.807, 2.05) is 0 Å². The van der Waals surface area contributed by atoms with E-state index in [4.69, 9.17) is 11.6 Å². The van der Waals surface area contributed by atoms with Crippen LogP contribution in [0.1, 0.15) is 42.4 Å². The van der Waals surface area contributed by atoms with E-state index in [2.05, 4.69) is 37.9 Å². The molecule has 1 heterocycles. The van der Waals surface area contributed by atoms with Gasteiger partial charge in [0.15, 0.2) is 0 Å². The van der Waals surface area contributed by atoms with Crippen LogP contribution in [0.5, 0.6) is 0 Å². The molecule has 0 aliphatic heterocycles. The van der Waals surface area contributed by atoms with Crippen molar-refractivity contribution in [2.75, 3.05) is 0 Å². The van der Waals surface area contributed by atoms with E-state index in [1.54, 1.807) is 11.3 Å². The molecule has 1 aromatic heterocycles. The van der Waals surface area contributed by atoms with Crippen LogP contribution in [0.4, 0.5) is 0 Å². The van der Waals surface area contributed by atoms with E-state index in [0.717, 1.165) is 8.26 Å². The molecule has 1 unspecified atom stereocenters. The Balaban J connectivity index is 2.08. The summed E-state index contributed by atoms with van der Waals surface area (Å²) < 4.78 is 2.28. The minimum absolute atomic E-state index is 0.206. The Bertz CT molecular complexity index is 312. The zero-order valence-electron chi connectivity index (χ0n) is 8.31. The number of rotatable bonds is 2. The predicted octanol–water partition coefficient (Wildman–Crippen LogP) is 6.13. The zero-order chi connectivity index (χ0) is 10.8. The van der Waals surface area contributed by atoms with Gasteiger partial charge >= 0.3 is 0 Å². The molecule has 0 N–H and O–H groups in total. The Morgan fingerprint density at radius 1 is 1.27 bits per heavy atom. The molecule has 84 valence electrons. The van der Waals surface area contributed by atoms with Crippen LogP contribution in [-0.4, -0.2) is 0 Å². The quantitative estimate of drug-likeness (QED) is 0.548. The van der Waals surface area contributed by atoms with E-state index in [9.17, 15) is 0 Å². The fourth-order valence-corrected chi connectivity index (χ4v) is 4.77. The van der Waals surface area contributed by atoms with Crippen LogP contribution in [0, 0.1) is 5.92 Å². The lowest BCUT2D eigenvalue weighted by Crippen LogP contribution is -2.11. The molecular formula is C11H13Br2ClS. The molecule has 0 radical (unpaired) electrons. The smallest absolute Gasteiger partial charge is 0.0843 e. The summed E-state index contributed by atoms with van der Waals surface area (Å²) in [7, 11) is 0. The average Bonchev–Trinajstić information content (AvgIpc) is 2.59. The molecule has 1 atom stereocenters. The lowest BCUT2D eigenvalue weighted by molar-refractivity contribution is 0.350. The summed E-state index contributed by atoms with van der Waals surface area (Å²) in [6.07, 6.45) is 6.67. The highest BCUT2D eigenvalue weighted by molar-refractivity contribution is 9.13. The summed E-state index contributed by atoms with van der Waals surface area (Å²) >= 11 is 15.3. The van der Waals surface area contributed by atoms with Crippen molar-refractivity contribution in [3.63, 3.8) is 0 Å². The Hall–Kier alpha value is 0.950. The van der Waals surface area contributed by atoms with Crippen molar-refractivity contribution in [1.29, 1.82) is 0 Å². The summed E-state index contributed by atoms with van der Waals surface area (Å²) in [5.41, 5.74) is 0. The largest absolute Gasteiger partial charge is 0.130 e. The molecule has 1 aliphatic carbocycles. The lowest BCUT2D eigenvalue weighted by atomic mass is 9.86. The standard InChI is InChI=1S/C11H13Br2ClS/c12-8-6-9(15-11(8)13)10(14)7-4-2-1-3-5-7/h6-7,10H,1-5H2. The van der Waals surface area contributed by atoms with Gasteiger partial charge in [0.05, 0.1) is 9.16 Å². The molecule has 0 amide bonds. The highest BCUT2D eigenvalue weighted by Gasteiger charge is 2.24. The summed E-state index contributed by atoms with van der Waals surface area (Å²) in [5, 5.41) is 0.206. The van der Waals surface area contributed by atoms with Crippen LogP contribution < -0.4 is 0 Å². The van der Waals surface area contributed by atoms with Gasteiger partial charge in [0.1, 0.15) is 0 Å². The minimum Gasteiger partial charge on any atom is -0.130 e. The van der Waals surface area contributed by atoms with Crippen molar-refractivity contribution in [3.05, 3.63) is 19.2 Å². The third-order valence-electron chi connectivity index (χ3n) is 3.00. The fourth-order valence-electron chi connectivity index (χ4n) is 2.16. The molecule has 0 spiro atoms. The second-order valence-corrected chi connectivity index (χ2v) is 7.80. The van der Waals surface area contributed by atoms with Crippen LogP contribution in [0.3, 0.4) is 0 Å². The van der Waals surface area contributed by atoms with E-state index >= 15 is 0 Å². The number of halogens is 3. The maximum absolute atomic E-state index is 6.54. The lowest BCUT2D eigenvalue weighted by Gasteiger charge is -2.25. The monoisotopic (exact) mass is 370 g/mol. The summed E-state index contributed by atoms with van der Waals surface area (Å²) in [6.45, 7) is 0. The van der Waals surface area contributed by atoms with Gasteiger partial charge in [-0.2, -0.15) is 0 Å². The SMILES string of the molecule is ClC(c1cc(Br)c(Br)s1)C1CCCCC1. The second-order valence-electron chi connectivity index (χ2n) is 4.07. The van der Waals surface area contributed by atoms with Crippen molar-refractivity contribution in [2.24, 2.45) is 5.92 Å². The first kappa shape index (κ1) is 12.4. The molecule has 1 saturated carbocycles. The van der Waals surface area contributed by atoms with Gasteiger partial charge in [0.2, 0.25) is 0 Å². The van der Waals surface area contributed by atoms with E-state index in [0.29, 0.717) is 5.92 Å². The number of thiophene rings is 1. The van der Waals surface area contributed by atoms with Gasteiger partial charge in [-0.05, 0) is 56.7 Å². The summed E-state index contributed by atoms with van der Waals surface area (Å²) in [6, 6.07) is 2.15. The molecule has 0 aromatic carbocycles. The Kier molecular flexibility index (Phi) is 4.57. The van der Waals surface area contributed by atoms with Crippen LogP contribution >= 0.6 is 54.8 Å². The zero-order valence-corrected chi connectivity index (χ0v) is 13.1. The number of alkyl halides is 1. The summed E-state index contributed by atoms with van der Waals surface area (Å²) in [5.74, 6) is 0.679. The predicted molar refractivity (Wildman–Crippen MR) is 74.9 cm³/mol. The van der Waals surface area contributed by atoms with Crippen molar-refractivity contribution in [3.8, 4) is 0 Å². The maximum Gasteiger partial charge on any atom is 0.0843 e. The average molecular weight is 373 g/mol. The van der Waals surface area contributed by atoms with Crippen LogP contribution in [0.2, 0.25) is 0 Å². The van der Waals surface area contributed by atoms with Crippen LogP contribution in [0.15, 0.2) is 14.3 Å². The summed E-state index contributed by atoms with van der Waals surface area (Å²) in [4.78, 5) is 1.29. The Morgan fingerprint density at radius 3 is 2.47 bits per heavy atom. The van der Waals surface area contributed by atoms with Gasteiger partial charge in [-0.15, -0.1) is 22.9 Å². The molecule has 2 rings (SSSR count). The Morgan fingerprint density at radius 2 is 1.93 bits per heavy atom. The molecule has 0 bridgehead atoms. The third-order valence-corrected chi connectivity index (χ3v) is 7.06. The normalized spacial score (nSPS) is 20.5. The van der Waals surface area contributed by atoms with Crippen LogP contribution in [0.25, 0.3) is 0 Å². The second kappa shape index (κ2) is 5.52. The highest BCUT2D eigenvalue weighted by Crippen LogP contribution is 2.44. The van der Waals surface area contributed by atoms with E-state index in [1.165, 1.54) is 37.0 Å². The van der Waals surface area contributed by atoms with Crippen molar-refractivity contribution < 1.29 is 0 Å². The molecule has 0 nitrogen and oxygen atoms in total.